The number of carbonyl (C=O) groups excluding carboxylic acids is 2. The topological polar surface area (TPSA) is 46.2 Å². The molecular weight excluding hydrogens is 197 g/mol. The van der Waals surface area contributed by atoms with E-state index in [1.807, 2.05) is 0 Å². The van der Waals surface area contributed by atoms with Crippen LogP contribution in [0.3, 0.4) is 0 Å². The number of rotatable bonds is 3. The van der Waals surface area contributed by atoms with Gasteiger partial charge in [-0.1, -0.05) is 18.2 Å². The Morgan fingerprint density at radius 3 is 2.33 bits per heavy atom. The SMILES string of the molecule is CC(=O)N[C@@H](C(C)=O)c1ccccc1F. The first-order valence-corrected chi connectivity index (χ1v) is 4.54. The largest absolute Gasteiger partial charge is 0.342 e. The van der Waals surface area contributed by atoms with Crippen molar-refractivity contribution in [1.29, 1.82) is 0 Å². The van der Waals surface area contributed by atoms with E-state index in [0.717, 1.165) is 0 Å². The lowest BCUT2D eigenvalue weighted by molar-refractivity contribution is -0.125. The third-order valence-electron chi connectivity index (χ3n) is 1.97. The highest BCUT2D eigenvalue weighted by atomic mass is 19.1. The summed E-state index contributed by atoms with van der Waals surface area (Å²) in [4.78, 5) is 22.1. The van der Waals surface area contributed by atoms with E-state index in [9.17, 15) is 14.0 Å². The molecule has 0 radical (unpaired) electrons. The van der Waals surface area contributed by atoms with Crippen LogP contribution in [0.25, 0.3) is 0 Å². The van der Waals surface area contributed by atoms with E-state index >= 15 is 0 Å². The van der Waals surface area contributed by atoms with E-state index in [0.29, 0.717) is 0 Å². The van der Waals surface area contributed by atoms with Gasteiger partial charge in [0.2, 0.25) is 5.91 Å². The fourth-order valence-corrected chi connectivity index (χ4v) is 1.31. The maximum absolute atomic E-state index is 13.3. The lowest BCUT2D eigenvalue weighted by Crippen LogP contribution is -2.31. The number of hydrogen-bond donors (Lipinski definition) is 1. The molecule has 1 aromatic carbocycles. The minimum absolute atomic E-state index is 0.195. The number of Topliss-reactive ketones (excluding diaryl/α,β-unsaturated/α-hetero) is 1. The van der Waals surface area contributed by atoms with Gasteiger partial charge < -0.3 is 5.32 Å². The molecule has 0 saturated carbocycles. The zero-order valence-electron chi connectivity index (χ0n) is 8.58. The number of nitrogens with one attached hydrogen (secondary N) is 1. The third kappa shape index (κ3) is 2.87. The molecule has 0 saturated heterocycles. The van der Waals surface area contributed by atoms with Gasteiger partial charge in [0, 0.05) is 12.5 Å². The molecule has 0 unspecified atom stereocenters. The van der Waals surface area contributed by atoms with Crippen molar-refractivity contribution < 1.29 is 14.0 Å². The van der Waals surface area contributed by atoms with E-state index in [-0.39, 0.29) is 17.3 Å². The van der Waals surface area contributed by atoms with Crippen molar-refractivity contribution >= 4 is 11.7 Å². The molecule has 0 aliphatic rings. The van der Waals surface area contributed by atoms with Crippen LogP contribution >= 0.6 is 0 Å². The highest BCUT2D eigenvalue weighted by Gasteiger charge is 2.20. The molecule has 15 heavy (non-hydrogen) atoms. The van der Waals surface area contributed by atoms with Crippen molar-refractivity contribution in [2.45, 2.75) is 19.9 Å². The van der Waals surface area contributed by atoms with Gasteiger partial charge in [-0.3, -0.25) is 9.59 Å². The zero-order chi connectivity index (χ0) is 11.4. The first kappa shape index (κ1) is 11.4. The summed E-state index contributed by atoms with van der Waals surface area (Å²) in [6.45, 7) is 2.60. The molecule has 0 heterocycles. The van der Waals surface area contributed by atoms with Crippen LogP contribution in [0, 0.1) is 5.82 Å². The first-order valence-electron chi connectivity index (χ1n) is 4.54. The van der Waals surface area contributed by atoms with Gasteiger partial charge in [-0.25, -0.2) is 4.39 Å². The van der Waals surface area contributed by atoms with Crippen LogP contribution in [0.4, 0.5) is 4.39 Å². The molecular formula is C11H12FNO2. The summed E-state index contributed by atoms with van der Waals surface area (Å²) < 4.78 is 13.3. The van der Waals surface area contributed by atoms with Crippen LogP contribution in [0.5, 0.6) is 0 Å². The second-order valence-corrected chi connectivity index (χ2v) is 3.27. The summed E-state index contributed by atoms with van der Waals surface area (Å²) in [5.74, 6) is -1.15. The standard InChI is InChI=1S/C11H12FNO2/c1-7(14)11(13-8(2)15)9-5-3-4-6-10(9)12/h3-6,11H,1-2H3,(H,13,15)/t11-/m0/s1. The van der Waals surface area contributed by atoms with E-state index < -0.39 is 11.9 Å². The molecule has 1 atom stereocenters. The van der Waals surface area contributed by atoms with Crippen molar-refractivity contribution in [3.63, 3.8) is 0 Å². The van der Waals surface area contributed by atoms with Crippen molar-refractivity contribution in [2.75, 3.05) is 0 Å². The molecule has 0 aliphatic heterocycles. The summed E-state index contributed by atoms with van der Waals surface area (Å²) in [7, 11) is 0. The van der Waals surface area contributed by atoms with Gasteiger partial charge in [-0.15, -0.1) is 0 Å². The summed E-state index contributed by atoms with van der Waals surface area (Å²) >= 11 is 0. The monoisotopic (exact) mass is 209 g/mol. The average molecular weight is 209 g/mol. The molecule has 1 aromatic rings. The quantitative estimate of drug-likeness (QED) is 0.821. The molecule has 0 bridgehead atoms. The number of amides is 1. The number of halogens is 1. The Labute approximate surface area is 87.3 Å². The molecule has 0 aromatic heterocycles. The van der Waals surface area contributed by atoms with Crippen molar-refractivity contribution in [2.24, 2.45) is 0 Å². The average Bonchev–Trinajstić information content (AvgIpc) is 2.15. The van der Waals surface area contributed by atoms with Gasteiger partial charge >= 0.3 is 0 Å². The summed E-state index contributed by atoms with van der Waals surface area (Å²) in [6, 6.07) is 4.99. The molecule has 0 aliphatic carbocycles. The number of ketones is 1. The molecule has 1 N–H and O–H groups in total. The molecule has 0 spiro atoms. The van der Waals surface area contributed by atoms with Crippen LogP contribution < -0.4 is 5.32 Å². The third-order valence-corrected chi connectivity index (χ3v) is 1.97. The van der Waals surface area contributed by atoms with E-state index in [1.54, 1.807) is 6.07 Å². The predicted octanol–water partition coefficient (Wildman–Crippen LogP) is 1.59. The van der Waals surface area contributed by atoms with Gasteiger partial charge in [0.05, 0.1) is 0 Å². The second-order valence-electron chi connectivity index (χ2n) is 3.27. The normalized spacial score (nSPS) is 11.9. The minimum atomic E-state index is -0.899. The van der Waals surface area contributed by atoms with E-state index in [4.69, 9.17) is 0 Å². The van der Waals surface area contributed by atoms with Gasteiger partial charge in [-0.2, -0.15) is 0 Å². The maximum atomic E-state index is 13.3. The van der Waals surface area contributed by atoms with Crippen LogP contribution in [-0.2, 0) is 9.59 Å². The molecule has 4 heteroatoms. The lowest BCUT2D eigenvalue weighted by atomic mass is 10.0. The van der Waals surface area contributed by atoms with E-state index in [2.05, 4.69) is 5.32 Å². The summed E-state index contributed by atoms with van der Waals surface area (Å²) in [6.07, 6.45) is 0. The van der Waals surface area contributed by atoms with Gasteiger partial charge in [0.25, 0.3) is 0 Å². The Hall–Kier alpha value is -1.71. The Morgan fingerprint density at radius 1 is 1.27 bits per heavy atom. The van der Waals surface area contributed by atoms with Crippen LogP contribution in [-0.4, -0.2) is 11.7 Å². The van der Waals surface area contributed by atoms with Crippen molar-refractivity contribution in [3.05, 3.63) is 35.6 Å². The first-order chi connectivity index (χ1) is 7.02. The Balaban J connectivity index is 3.04. The zero-order valence-corrected chi connectivity index (χ0v) is 8.58. The molecule has 0 fully saturated rings. The molecule has 80 valence electrons. The highest BCUT2D eigenvalue weighted by Crippen LogP contribution is 2.17. The predicted molar refractivity (Wildman–Crippen MR) is 53.6 cm³/mol. The van der Waals surface area contributed by atoms with Crippen molar-refractivity contribution in [1.82, 2.24) is 5.32 Å². The summed E-state index contributed by atoms with van der Waals surface area (Å²) in [5.41, 5.74) is 0.195. The van der Waals surface area contributed by atoms with Gasteiger partial charge in [0.1, 0.15) is 11.9 Å². The van der Waals surface area contributed by atoms with Crippen LogP contribution in [0.2, 0.25) is 0 Å². The van der Waals surface area contributed by atoms with Crippen LogP contribution in [0.1, 0.15) is 25.5 Å². The Morgan fingerprint density at radius 2 is 1.87 bits per heavy atom. The lowest BCUT2D eigenvalue weighted by Gasteiger charge is -2.15. The number of hydrogen-bond acceptors (Lipinski definition) is 2. The number of benzene rings is 1. The van der Waals surface area contributed by atoms with Gasteiger partial charge in [-0.05, 0) is 13.0 Å². The fourth-order valence-electron chi connectivity index (χ4n) is 1.31. The van der Waals surface area contributed by atoms with Gasteiger partial charge in [0.15, 0.2) is 5.78 Å². The second kappa shape index (κ2) is 4.68. The Bertz CT molecular complexity index is 390. The molecule has 3 nitrogen and oxygen atoms in total. The fraction of sp³-hybridized carbons (Fsp3) is 0.273. The summed E-state index contributed by atoms with van der Waals surface area (Å²) in [5, 5.41) is 2.41. The van der Waals surface area contributed by atoms with Crippen LogP contribution in [0.15, 0.2) is 24.3 Å². The Kier molecular flexibility index (Phi) is 3.55. The molecule has 1 rings (SSSR count). The molecule has 1 amide bonds. The smallest absolute Gasteiger partial charge is 0.217 e. The minimum Gasteiger partial charge on any atom is -0.342 e. The maximum Gasteiger partial charge on any atom is 0.217 e. The van der Waals surface area contributed by atoms with Crippen molar-refractivity contribution in [3.8, 4) is 0 Å². The van der Waals surface area contributed by atoms with E-state index in [1.165, 1.54) is 32.0 Å². The number of carbonyl (C=O) groups is 2. The highest BCUT2D eigenvalue weighted by molar-refractivity contribution is 5.87.